The van der Waals surface area contributed by atoms with Crippen LogP contribution in [0.3, 0.4) is 0 Å². The highest BCUT2D eigenvalue weighted by Gasteiger charge is 2.31. The van der Waals surface area contributed by atoms with Gasteiger partial charge < -0.3 is 9.88 Å². The predicted molar refractivity (Wildman–Crippen MR) is 121 cm³/mol. The van der Waals surface area contributed by atoms with Crippen LogP contribution >= 0.6 is 0 Å². The van der Waals surface area contributed by atoms with Gasteiger partial charge in [-0.1, -0.05) is 26.0 Å². The van der Waals surface area contributed by atoms with Crippen molar-refractivity contribution in [2.45, 2.75) is 39.5 Å². The molecule has 0 saturated carbocycles. The minimum absolute atomic E-state index is 0.0665. The van der Waals surface area contributed by atoms with E-state index < -0.39 is 0 Å². The van der Waals surface area contributed by atoms with Gasteiger partial charge in [0, 0.05) is 45.1 Å². The summed E-state index contributed by atoms with van der Waals surface area (Å²) in [7, 11) is 1.79. The highest BCUT2D eigenvalue weighted by Crippen LogP contribution is 2.28. The second-order valence-electron chi connectivity index (χ2n) is 9.47. The van der Waals surface area contributed by atoms with Crippen LogP contribution in [0.4, 0.5) is 0 Å². The van der Waals surface area contributed by atoms with Crippen molar-refractivity contribution in [3.05, 3.63) is 58.4 Å². The number of fused-ring (bicyclic) bond motifs is 1. The molecule has 168 valence electrons. The van der Waals surface area contributed by atoms with Gasteiger partial charge >= 0.3 is 0 Å². The number of Topliss-reactive ketones (excluding diaryl/α,β-unsaturated/α-hetero) is 1. The van der Waals surface area contributed by atoms with Crippen molar-refractivity contribution >= 4 is 22.6 Å². The lowest BCUT2D eigenvalue weighted by atomic mass is 9.84. The summed E-state index contributed by atoms with van der Waals surface area (Å²) >= 11 is 0. The lowest BCUT2D eigenvalue weighted by molar-refractivity contribution is -0.134. The van der Waals surface area contributed by atoms with E-state index in [4.69, 9.17) is 0 Å². The number of para-hydroxylation sites is 1. The monoisotopic (exact) mass is 435 g/mol. The third-order valence-electron chi connectivity index (χ3n) is 6.15. The van der Waals surface area contributed by atoms with E-state index in [0.29, 0.717) is 61.1 Å². The van der Waals surface area contributed by atoms with E-state index in [0.717, 1.165) is 0 Å². The highest BCUT2D eigenvalue weighted by atomic mass is 16.2. The van der Waals surface area contributed by atoms with Crippen LogP contribution in [0.2, 0.25) is 0 Å². The summed E-state index contributed by atoms with van der Waals surface area (Å²) in [5.74, 6) is 0.706. The molecule has 1 aliphatic heterocycles. The van der Waals surface area contributed by atoms with Gasteiger partial charge in [-0.25, -0.2) is 4.98 Å². The number of amides is 1. The number of carbonyl (C=O) groups excluding carboxylic acids is 2. The van der Waals surface area contributed by atoms with Crippen LogP contribution in [0.5, 0.6) is 0 Å². The number of ketones is 1. The van der Waals surface area contributed by atoms with Gasteiger partial charge in [0.15, 0.2) is 5.78 Å². The van der Waals surface area contributed by atoms with E-state index in [9.17, 15) is 14.4 Å². The molecular weight excluding hydrogens is 406 g/mol. The molecule has 1 aliphatic rings. The molecule has 3 heterocycles. The van der Waals surface area contributed by atoms with Crippen LogP contribution in [0.1, 0.15) is 49.3 Å². The molecule has 32 heavy (non-hydrogen) atoms. The van der Waals surface area contributed by atoms with Gasteiger partial charge in [0.05, 0.1) is 22.7 Å². The number of aromatic nitrogens is 4. The van der Waals surface area contributed by atoms with Crippen LogP contribution in [-0.4, -0.2) is 49.4 Å². The molecule has 1 amide bonds. The highest BCUT2D eigenvalue weighted by molar-refractivity contribution is 5.97. The molecule has 0 radical (unpaired) electrons. The first-order valence-electron chi connectivity index (χ1n) is 11.0. The molecule has 8 nitrogen and oxygen atoms in total. The number of carbonyl (C=O) groups is 2. The zero-order valence-corrected chi connectivity index (χ0v) is 18.8. The number of nitrogens with zero attached hydrogens (tertiary/aromatic N) is 4. The molecule has 1 saturated heterocycles. The fourth-order valence-electron chi connectivity index (χ4n) is 4.43. The maximum atomic E-state index is 13.0. The summed E-state index contributed by atoms with van der Waals surface area (Å²) in [6, 6.07) is 7.25. The van der Waals surface area contributed by atoms with Gasteiger partial charge in [0.2, 0.25) is 5.91 Å². The van der Waals surface area contributed by atoms with E-state index in [2.05, 4.69) is 15.1 Å². The average Bonchev–Trinajstić information content (AvgIpc) is 3.19. The first-order valence-corrected chi connectivity index (χ1v) is 11.0. The Labute approximate surface area is 186 Å². The number of hydrogen-bond acceptors (Lipinski definition) is 5. The van der Waals surface area contributed by atoms with Crippen molar-refractivity contribution in [3.63, 3.8) is 0 Å². The number of aromatic amines is 1. The van der Waals surface area contributed by atoms with E-state index in [-0.39, 0.29) is 28.6 Å². The van der Waals surface area contributed by atoms with Gasteiger partial charge in [0.25, 0.3) is 5.56 Å². The second-order valence-corrected chi connectivity index (χ2v) is 9.47. The zero-order valence-electron chi connectivity index (χ0n) is 18.8. The maximum absolute atomic E-state index is 13.0. The number of nitrogens with one attached hydrogen (secondary N) is 1. The van der Waals surface area contributed by atoms with Gasteiger partial charge in [0.1, 0.15) is 5.82 Å². The molecule has 1 aromatic carbocycles. The quantitative estimate of drug-likeness (QED) is 0.600. The molecule has 8 heteroatoms. The molecule has 4 rings (SSSR count). The largest absolute Gasteiger partial charge is 0.343 e. The Morgan fingerprint density at radius 1 is 1.19 bits per heavy atom. The Bertz CT molecular complexity index is 1200. The standard InChI is InChI=1S/C24H29N5O3/c1-24(2,12-20-26-19-7-5-4-6-18(19)23(32)27-20)13-21(30)29-10-8-16(9-11-29)22(31)17-14-25-28(3)15-17/h4-7,14-16H,8-13H2,1-3H3,(H,26,27,32). The van der Waals surface area contributed by atoms with Crippen molar-refractivity contribution in [2.75, 3.05) is 13.1 Å². The molecule has 1 fully saturated rings. The Morgan fingerprint density at radius 3 is 2.59 bits per heavy atom. The molecule has 2 aromatic heterocycles. The van der Waals surface area contributed by atoms with Crippen LogP contribution in [0.15, 0.2) is 41.5 Å². The molecule has 0 aliphatic carbocycles. The summed E-state index contributed by atoms with van der Waals surface area (Å²) in [4.78, 5) is 47.2. The van der Waals surface area contributed by atoms with E-state index >= 15 is 0 Å². The van der Waals surface area contributed by atoms with Gasteiger partial charge in [-0.15, -0.1) is 0 Å². The number of hydrogen-bond donors (Lipinski definition) is 1. The zero-order chi connectivity index (χ0) is 22.9. The predicted octanol–water partition coefficient (Wildman–Crippen LogP) is 2.74. The summed E-state index contributed by atoms with van der Waals surface area (Å²) in [6.07, 6.45) is 5.53. The minimum Gasteiger partial charge on any atom is -0.343 e. The summed E-state index contributed by atoms with van der Waals surface area (Å²) in [5, 5.41) is 4.64. The molecule has 0 spiro atoms. The second kappa shape index (κ2) is 8.68. The Balaban J connectivity index is 1.35. The lowest BCUT2D eigenvalue weighted by Crippen LogP contribution is -2.42. The lowest BCUT2D eigenvalue weighted by Gasteiger charge is -2.34. The Kier molecular flexibility index (Phi) is 5.95. The number of likely N-dealkylation sites (tertiary alicyclic amines) is 1. The number of rotatable bonds is 6. The number of H-pyrrole nitrogens is 1. The van der Waals surface area contributed by atoms with Crippen LogP contribution in [0.25, 0.3) is 10.9 Å². The fourth-order valence-corrected chi connectivity index (χ4v) is 4.43. The summed E-state index contributed by atoms with van der Waals surface area (Å²) < 4.78 is 1.63. The third kappa shape index (κ3) is 4.79. The first kappa shape index (κ1) is 21.9. The number of benzene rings is 1. The maximum Gasteiger partial charge on any atom is 0.258 e. The third-order valence-corrected chi connectivity index (χ3v) is 6.15. The summed E-state index contributed by atoms with van der Waals surface area (Å²) in [5.41, 5.74) is 0.773. The van der Waals surface area contributed by atoms with E-state index in [1.807, 2.05) is 36.9 Å². The van der Waals surface area contributed by atoms with Crippen molar-refractivity contribution in [1.29, 1.82) is 0 Å². The van der Waals surface area contributed by atoms with Gasteiger partial charge in [-0.3, -0.25) is 19.1 Å². The fraction of sp³-hybridized carbons (Fsp3) is 0.458. The van der Waals surface area contributed by atoms with Crippen molar-refractivity contribution in [3.8, 4) is 0 Å². The molecule has 0 bridgehead atoms. The molecular formula is C24H29N5O3. The van der Waals surface area contributed by atoms with Crippen LogP contribution < -0.4 is 5.56 Å². The number of aryl methyl sites for hydroxylation is 1. The van der Waals surface area contributed by atoms with E-state index in [1.54, 1.807) is 30.2 Å². The topological polar surface area (TPSA) is 101 Å². The van der Waals surface area contributed by atoms with Crippen molar-refractivity contribution in [2.24, 2.45) is 18.4 Å². The normalized spacial score (nSPS) is 15.3. The minimum atomic E-state index is -0.363. The Hall–Kier alpha value is -3.29. The number of piperidine rings is 1. The summed E-state index contributed by atoms with van der Waals surface area (Å²) in [6.45, 7) is 5.19. The van der Waals surface area contributed by atoms with Crippen LogP contribution in [0, 0.1) is 11.3 Å². The van der Waals surface area contributed by atoms with Crippen molar-refractivity contribution < 1.29 is 9.59 Å². The average molecular weight is 436 g/mol. The van der Waals surface area contributed by atoms with Crippen LogP contribution in [-0.2, 0) is 18.3 Å². The molecule has 0 unspecified atom stereocenters. The first-order chi connectivity index (χ1) is 15.2. The van der Waals surface area contributed by atoms with E-state index in [1.165, 1.54) is 0 Å². The smallest absolute Gasteiger partial charge is 0.258 e. The SMILES string of the molecule is Cn1cc(C(=O)C2CCN(C(=O)CC(C)(C)Cc3nc4ccccc4c(=O)[nH]3)CC2)cn1. The van der Waals surface area contributed by atoms with Gasteiger partial charge in [-0.05, 0) is 30.4 Å². The van der Waals surface area contributed by atoms with Gasteiger partial charge in [-0.2, -0.15) is 5.10 Å². The molecule has 1 N–H and O–H groups in total. The van der Waals surface area contributed by atoms with Crippen molar-refractivity contribution in [1.82, 2.24) is 24.6 Å². The Morgan fingerprint density at radius 2 is 1.91 bits per heavy atom. The molecule has 3 aromatic rings. The molecule has 0 atom stereocenters.